The quantitative estimate of drug-likeness (QED) is 0.267. The summed E-state index contributed by atoms with van der Waals surface area (Å²) in [4.78, 5) is 2.62. The summed E-state index contributed by atoms with van der Waals surface area (Å²) in [6, 6.07) is 1.52. The normalized spacial score (nSPS) is 38.7. The lowest BCUT2D eigenvalue weighted by Gasteiger charge is -2.45. The molecule has 4 fully saturated rings. The number of fused-ring (bicyclic) bond motifs is 4. The van der Waals surface area contributed by atoms with Crippen LogP contribution in [-0.2, 0) is 0 Å². The monoisotopic (exact) mass is 491 g/mol. The van der Waals surface area contributed by atoms with Crippen LogP contribution >= 0.6 is 0 Å². The van der Waals surface area contributed by atoms with Crippen LogP contribution in [0.1, 0.15) is 112 Å². The van der Waals surface area contributed by atoms with E-state index in [2.05, 4.69) is 81.5 Å². The van der Waals surface area contributed by atoms with Crippen molar-refractivity contribution in [2.24, 2.45) is 34.5 Å². The molecule has 1 saturated heterocycles. The molecule has 0 aromatic carbocycles. The average molecular weight is 492 g/mol. The van der Waals surface area contributed by atoms with Gasteiger partial charge < -0.3 is 4.90 Å². The van der Waals surface area contributed by atoms with Gasteiger partial charge in [-0.1, -0.05) is 77.5 Å². The molecular weight excluding hydrogens is 436 g/mol. The lowest BCUT2D eigenvalue weighted by Crippen LogP contribution is -2.46. The van der Waals surface area contributed by atoms with Crippen LogP contribution in [-0.4, -0.2) is 40.9 Å². The number of likely N-dealkylation sites (tertiary alicyclic amines) is 1. The van der Waals surface area contributed by atoms with Gasteiger partial charge in [-0.3, -0.25) is 0 Å². The Hall–Kier alpha value is -1.31. The molecule has 2 nitrogen and oxygen atoms in total. The molecule has 2 heteroatoms. The molecule has 2 aliphatic heterocycles. The Bertz CT molecular complexity index is 915. The first-order valence-corrected chi connectivity index (χ1v) is 15.7. The molecule has 0 spiro atoms. The van der Waals surface area contributed by atoms with Crippen LogP contribution in [0.5, 0.6) is 0 Å². The van der Waals surface area contributed by atoms with E-state index in [4.69, 9.17) is 0 Å². The number of hydrogen-bond donors (Lipinski definition) is 0. The zero-order valence-corrected chi connectivity index (χ0v) is 24.4. The lowest BCUT2D eigenvalue weighted by molar-refractivity contribution is -0.569. The number of allylic oxidation sites excluding steroid dienone is 6. The van der Waals surface area contributed by atoms with Crippen molar-refractivity contribution >= 4 is 5.71 Å². The second kappa shape index (κ2) is 10.5. The van der Waals surface area contributed by atoms with Gasteiger partial charge in [0.25, 0.3) is 0 Å². The highest BCUT2D eigenvalue weighted by Crippen LogP contribution is 2.55. The Kier molecular flexibility index (Phi) is 7.64. The second-order valence-electron chi connectivity index (χ2n) is 14.1. The van der Waals surface area contributed by atoms with E-state index in [9.17, 15) is 0 Å². The minimum Gasteiger partial charge on any atom is -0.374 e. The first-order chi connectivity index (χ1) is 17.3. The largest absolute Gasteiger partial charge is 0.374 e. The van der Waals surface area contributed by atoms with Crippen molar-refractivity contribution in [3.8, 4) is 0 Å². The number of rotatable bonds is 6. The summed E-state index contributed by atoms with van der Waals surface area (Å²) in [7, 11) is 2.34. The highest BCUT2D eigenvalue weighted by atomic mass is 15.2. The average Bonchev–Trinajstić information content (AvgIpc) is 3.21. The van der Waals surface area contributed by atoms with Crippen LogP contribution in [0.4, 0.5) is 0 Å². The van der Waals surface area contributed by atoms with Crippen molar-refractivity contribution < 1.29 is 4.58 Å². The Morgan fingerprint density at radius 2 is 1.61 bits per heavy atom. The van der Waals surface area contributed by atoms with Crippen LogP contribution in [0.25, 0.3) is 0 Å². The van der Waals surface area contributed by atoms with Gasteiger partial charge in [-0.2, -0.15) is 0 Å². The van der Waals surface area contributed by atoms with Gasteiger partial charge in [0, 0.05) is 49.0 Å². The molecule has 6 unspecified atom stereocenters. The molecule has 0 N–H and O–H groups in total. The molecular formula is C34H55N2+. The number of unbranched alkanes of at least 4 members (excludes halogenated alkanes) is 1. The molecule has 3 saturated carbocycles. The predicted molar refractivity (Wildman–Crippen MR) is 154 cm³/mol. The van der Waals surface area contributed by atoms with Crippen molar-refractivity contribution in [1.29, 1.82) is 0 Å². The summed E-state index contributed by atoms with van der Waals surface area (Å²) in [5.41, 5.74) is 3.74. The molecule has 2 heterocycles. The standard InChI is InChI=1S/C34H55N2/c1-7-8-24-36-29-23-22-25-16-12-13-17-26(25)32(29)34(4,5)31(36)21-11-9-10-20-30-33(2,3)27-18-14-15-19-28(27)35(30)6/h9-11,20-21,25-29,32H,7-8,12-19,22-24H2,1-6H3/q+1. The van der Waals surface area contributed by atoms with Crippen LogP contribution in [0.2, 0.25) is 0 Å². The van der Waals surface area contributed by atoms with Gasteiger partial charge in [0.05, 0.1) is 5.41 Å². The Morgan fingerprint density at radius 1 is 0.861 bits per heavy atom. The summed E-state index contributed by atoms with van der Waals surface area (Å²) < 4.78 is 2.88. The highest BCUT2D eigenvalue weighted by molar-refractivity contribution is 5.97. The summed E-state index contributed by atoms with van der Waals surface area (Å²) >= 11 is 0. The maximum atomic E-state index is 2.88. The molecule has 0 amide bonds. The van der Waals surface area contributed by atoms with Gasteiger partial charge >= 0.3 is 0 Å². The fraction of sp³-hybridized carbons (Fsp3) is 0.794. The minimum atomic E-state index is 0.283. The van der Waals surface area contributed by atoms with E-state index in [1.165, 1.54) is 89.3 Å². The Balaban J connectivity index is 1.37. The zero-order chi connectivity index (χ0) is 25.5. The minimum absolute atomic E-state index is 0.283. The molecule has 0 aromatic heterocycles. The molecule has 200 valence electrons. The van der Waals surface area contributed by atoms with Crippen LogP contribution in [0, 0.1) is 34.5 Å². The third-order valence-electron chi connectivity index (χ3n) is 11.6. The highest BCUT2D eigenvalue weighted by Gasteiger charge is 2.59. The molecule has 3 aliphatic carbocycles. The van der Waals surface area contributed by atoms with Crippen molar-refractivity contribution in [2.75, 3.05) is 13.6 Å². The Labute approximate surface area is 223 Å². The fourth-order valence-corrected chi connectivity index (χ4v) is 9.86. The first kappa shape index (κ1) is 26.3. The molecule has 0 radical (unpaired) electrons. The fourth-order valence-electron chi connectivity index (χ4n) is 9.86. The van der Waals surface area contributed by atoms with Crippen molar-refractivity contribution in [1.82, 2.24) is 4.90 Å². The zero-order valence-electron chi connectivity index (χ0n) is 24.4. The first-order valence-electron chi connectivity index (χ1n) is 15.7. The molecule has 5 aliphatic rings. The van der Waals surface area contributed by atoms with Crippen LogP contribution in [0.15, 0.2) is 36.1 Å². The number of nitrogens with zero attached hydrogens (tertiary/aromatic N) is 2. The van der Waals surface area contributed by atoms with Crippen molar-refractivity contribution in [3.63, 3.8) is 0 Å². The third kappa shape index (κ3) is 4.47. The van der Waals surface area contributed by atoms with Gasteiger partial charge in [-0.15, -0.1) is 0 Å². The van der Waals surface area contributed by atoms with Gasteiger partial charge in [0.15, 0.2) is 11.8 Å². The van der Waals surface area contributed by atoms with Gasteiger partial charge in [0.2, 0.25) is 0 Å². The van der Waals surface area contributed by atoms with Crippen LogP contribution in [0.3, 0.4) is 0 Å². The summed E-state index contributed by atoms with van der Waals surface area (Å²) in [6.07, 6.45) is 28.9. The van der Waals surface area contributed by atoms with Gasteiger partial charge in [0.1, 0.15) is 6.54 Å². The molecule has 0 bridgehead atoms. The maximum absolute atomic E-state index is 2.88. The van der Waals surface area contributed by atoms with E-state index in [-0.39, 0.29) is 5.41 Å². The summed E-state index contributed by atoms with van der Waals surface area (Å²) in [6.45, 7) is 13.7. The van der Waals surface area contributed by atoms with E-state index in [0.717, 1.165) is 35.8 Å². The topological polar surface area (TPSA) is 6.25 Å². The van der Waals surface area contributed by atoms with Gasteiger partial charge in [-0.25, -0.2) is 4.58 Å². The van der Waals surface area contributed by atoms with E-state index in [1.54, 1.807) is 5.71 Å². The van der Waals surface area contributed by atoms with E-state index >= 15 is 0 Å². The van der Waals surface area contributed by atoms with E-state index in [0.29, 0.717) is 5.41 Å². The van der Waals surface area contributed by atoms with Crippen LogP contribution < -0.4 is 0 Å². The second-order valence-corrected chi connectivity index (χ2v) is 14.1. The Morgan fingerprint density at radius 3 is 2.39 bits per heavy atom. The molecule has 5 rings (SSSR count). The maximum Gasteiger partial charge on any atom is 0.182 e. The predicted octanol–water partition coefficient (Wildman–Crippen LogP) is 8.39. The van der Waals surface area contributed by atoms with Crippen molar-refractivity contribution in [2.45, 2.75) is 124 Å². The van der Waals surface area contributed by atoms with Gasteiger partial charge in [-0.05, 0) is 63.4 Å². The summed E-state index contributed by atoms with van der Waals surface area (Å²) in [5, 5.41) is 0. The SMILES string of the molecule is CCCC[N+]1=C(/C=C/C=C/C=C2\N(C)C3CCCCC3C2(C)C)C(C)(C)C2C3CCCCC3CCC21. The summed E-state index contributed by atoms with van der Waals surface area (Å²) in [5.74, 6) is 3.61. The van der Waals surface area contributed by atoms with Crippen molar-refractivity contribution in [3.05, 3.63) is 36.1 Å². The number of hydrogen-bond acceptors (Lipinski definition) is 1. The third-order valence-corrected chi connectivity index (χ3v) is 11.6. The smallest absolute Gasteiger partial charge is 0.182 e. The molecule has 36 heavy (non-hydrogen) atoms. The molecule has 0 aromatic rings. The lowest BCUT2D eigenvalue weighted by atomic mass is 9.57. The van der Waals surface area contributed by atoms with E-state index in [1.807, 2.05) is 0 Å². The van der Waals surface area contributed by atoms with E-state index < -0.39 is 0 Å². The molecule has 6 atom stereocenters.